The Bertz CT molecular complexity index is 851. The van der Waals surface area contributed by atoms with Gasteiger partial charge in [0.25, 0.3) is 0 Å². The number of methoxy groups -OCH3 is 1. The van der Waals surface area contributed by atoms with Crippen molar-refractivity contribution in [2.24, 2.45) is 5.92 Å². The minimum Gasteiger partial charge on any atom is -0.465 e. The van der Waals surface area contributed by atoms with Crippen LogP contribution in [0.5, 0.6) is 0 Å². The fourth-order valence-electron chi connectivity index (χ4n) is 3.60. The molecule has 1 aliphatic heterocycles. The van der Waals surface area contributed by atoms with Crippen LogP contribution in [-0.2, 0) is 16.1 Å². The Morgan fingerprint density at radius 1 is 1.21 bits per heavy atom. The zero-order chi connectivity index (χ0) is 20.1. The maximum Gasteiger partial charge on any atom is 0.338 e. The van der Waals surface area contributed by atoms with E-state index in [2.05, 4.69) is 10.2 Å². The van der Waals surface area contributed by atoms with Crippen LogP contribution in [0, 0.1) is 18.7 Å². The summed E-state index contributed by atoms with van der Waals surface area (Å²) >= 11 is 0. The Labute approximate surface area is 164 Å². The predicted octanol–water partition coefficient (Wildman–Crippen LogP) is 3.77. The first kappa shape index (κ1) is 20.0. The number of hydrogen-bond acceptors (Lipinski definition) is 4. The average Bonchev–Trinajstić information content (AvgIpc) is 2.71. The van der Waals surface area contributed by atoms with E-state index >= 15 is 0 Å². The molecule has 28 heavy (non-hydrogen) atoms. The second-order valence-electron chi connectivity index (χ2n) is 7.16. The van der Waals surface area contributed by atoms with Crippen LogP contribution in [0.25, 0.3) is 0 Å². The summed E-state index contributed by atoms with van der Waals surface area (Å²) in [4.78, 5) is 26.9. The molecule has 0 saturated carbocycles. The highest BCUT2D eigenvalue weighted by molar-refractivity contribution is 5.97. The second kappa shape index (κ2) is 8.97. The van der Waals surface area contributed by atoms with E-state index in [1.807, 2.05) is 0 Å². The molecule has 1 amide bonds. The minimum atomic E-state index is -0.420. The van der Waals surface area contributed by atoms with Crippen molar-refractivity contribution in [3.05, 3.63) is 65.0 Å². The lowest BCUT2D eigenvalue weighted by Crippen LogP contribution is -2.40. The standard InChI is InChI=1S/C22H25FN2O3/c1-15-19(22(27)28-2)6-3-7-20(15)24-21(26)17-5-4-12-25(14-17)13-16-8-10-18(23)11-9-16/h3,6-11,17H,4-5,12-14H2,1-2H3,(H,24,26)/t17-/m1/s1. The van der Waals surface area contributed by atoms with E-state index < -0.39 is 5.97 Å². The van der Waals surface area contributed by atoms with E-state index in [-0.39, 0.29) is 17.6 Å². The highest BCUT2D eigenvalue weighted by Gasteiger charge is 2.26. The van der Waals surface area contributed by atoms with Crippen LogP contribution in [0.1, 0.15) is 34.3 Å². The van der Waals surface area contributed by atoms with Gasteiger partial charge in [-0.1, -0.05) is 18.2 Å². The third-order valence-corrected chi connectivity index (χ3v) is 5.19. The molecule has 3 rings (SSSR count). The van der Waals surface area contributed by atoms with Gasteiger partial charge in [-0.2, -0.15) is 0 Å². The van der Waals surface area contributed by atoms with Gasteiger partial charge in [-0.05, 0) is 61.7 Å². The van der Waals surface area contributed by atoms with Crippen LogP contribution in [0.2, 0.25) is 0 Å². The van der Waals surface area contributed by atoms with Gasteiger partial charge in [-0.15, -0.1) is 0 Å². The van der Waals surface area contributed by atoms with Crippen LogP contribution in [-0.4, -0.2) is 37.0 Å². The van der Waals surface area contributed by atoms with Gasteiger partial charge in [-0.3, -0.25) is 9.69 Å². The quantitative estimate of drug-likeness (QED) is 0.798. The first-order chi connectivity index (χ1) is 13.5. The molecule has 2 aromatic rings. The average molecular weight is 384 g/mol. The summed E-state index contributed by atoms with van der Waals surface area (Å²) in [6.07, 6.45) is 1.75. The molecule has 0 aliphatic carbocycles. The topological polar surface area (TPSA) is 58.6 Å². The smallest absolute Gasteiger partial charge is 0.338 e. The molecule has 148 valence electrons. The Morgan fingerprint density at radius 3 is 2.68 bits per heavy atom. The molecule has 1 fully saturated rings. The summed E-state index contributed by atoms with van der Waals surface area (Å²) in [5, 5.41) is 2.97. The van der Waals surface area contributed by atoms with Gasteiger partial charge >= 0.3 is 5.97 Å². The van der Waals surface area contributed by atoms with Crippen molar-refractivity contribution < 1.29 is 18.7 Å². The SMILES string of the molecule is COC(=O)c1cccc(NC(=O)[C@@H]2CCCN(Cc3ccc(F)cc3)C2)c1C. The zero-order valence-corrected chi connectivity index (χ0v) is 16.2. The molecule has 1 aliphatic rings. The Hall–Kier alpha value is -2.73. The van der Waals surface area contributed by atoms with E-state index in [1.165, 1.54) is 19.2 Å². The Kier molecular flexibility index (Phi) is 6.41. The molecule has 0 aromatic heterocycles. The van der Waals surface area contributed by atoms with Crippen molar-refractivity contribution in [3.63, 3.8) is 0 Å². The van der Waals surface area contributed by atoms with Gasteiger partial charge in [0.05, 0.1) is 18.6 Å². The number of amides is 1. The van der Waals surface area contributed by atoms with Crippen molar-refractivity contribution in [1.29, 1.82) is 0 Å². The molecule has 1 N–H and O–H groups in total. The molecule has 6 heteroatoms. The van der Waals surface area contributed by atoms with Crippen LogP contribution >= 0.6 is 0 Å². The monoisotopic (exact) mass is 384 g/mol. The maximum absolute atomic E-state index is 13.1. The van der Waals surface area contributed by atoms with Gasteiger partial charge in [0.15, 0.2) is 0 Å². The van der Waals surface area contributed by atoms with Crippen LogP contribution in [0.15, 0.2) is 42.5 Å². The third kappa shape index (κ3) is 4.75. The summed E-state index contributed by atoms with van der Waals surface area (Å²) in [6, 6.07) is 11.7. The number of anilines is 1. The molecule has 0 spiro atoms. The number of nitrogens with one attached hydrogen (secondary N) is 1. The van der Waals surface area contributed by atoms with Crippen molar-refractivity contribution >= 4 is 17.6 Å². The number of rotatable bonds is 5. The summed E-state index contributed by atoms with van der Waals surface area (Å²) in [7, 11) is 1.34. The number of halogens is 1. The number of esters is 1. The van der Waals surface area contributed by atoms with Crippen molar-refractivity contribution in [2.45, 2.75) is 26.3 Å². The lowest BCUT2D eigenvalue weighted by molar-refractivity contribution is -0.121. The Morgan fingerprint density at radius 2 is 1.96 bits per heavy atom. The maximum atomic E-state index is 13.1. The van der Waals surface area contributed by atoms with Crippen molar-refractivity contribution in [3.8, 4) is 0 Å². The van der Waals surface area contributed by atoms with E-state index in [4.69, 9.17) is 4.74 Å². The van der Waals surface area contributed by atoms with Crippen LogP contribution in [0.3, 0.4) is 0 Å². The highest BCUT2D eigenvalue weighted by Crippen LogP contribution is 2.24. The van der Waals surface area contributed by atoms with E-state index in [0.29, 0.717) is 29.9 Å². The Balaban J connectivity index is 1.64. The first-order valence-electron chi connectivity index (χ1n) is 9.43. The zero-order valence-electron chi connectivity index (χ0n) is 16.2. The minimum absolute atomic E-state index is 0.0473. The number of carbonyl (C=O) groups is 2. The third-order valence-electron chi connectivity index (χ3n) is 5.19. The van der Waals surface area contributed by atoms with Crippen molar-refractivity contribution in [2.75, 3.05) is 25.5 Å². The molecule has 1 saturated heterocycles. The molecule has 1 atom stereocenters. The molecule has 2 aromatic carbocycles. The number of carbonyl (C=O) groups excluding carboxylic acids is 2. The predicted molar refractivity (Wildman–Crippen MR) is 106 cm³/mol. The number of benzene rings is 2. The molecule has 1 heterocycles. The molecule has 5 nitrogen and oxygen atoms in total. The van der Waals surface area contributed by atoms with Gasteiger partial charge in [0.2, 0.25) is 5.91 Å². The largest absolute Gasteiger partial charge is 0.465 e. The number of hydrogen-bond donors (Lipinski definition) is 1. The number of nitrogens with zero attached hydrogens (tertiary/aromatic N) is 1. The van der Waals surface area contributed by atoms with E-state index in [9.17, 15) is 14.0 Å². The first-order valence-corrected chi connectivity index (χ1v) is 9.43. The lowest BCUT2D eigenvalue weighted by Gasteiger charge is -2.32. The summed E-state index contributed by atoms with van der Waals surface area (Å²) in [5.41, 5.74) is 2.80. The van der Waals surface area contributed by atoms with E-state index in [0.717, 1.165) is 24.9 Å². The van der Waals surface area contributed by atoms with E-state index in [1.54, 1.807) is 37.3 Å². The second-order valence-corrected chi connectivity index (χ2v) is 7.16. The highest BCUT2D eigenvalue weighted by atomic mass is 19.1. The fraction of sp³-hybridized carbons (Fsp3) is 0.364. The van der Waals surface area contributed by atoms with Gasteiger partial charge in [0.1, 0.15) is 5.82 Å². The molecular formula is C22H25FN2O3. The summed E-state index contributed by atoms with van der Waals surface area (Å²) < 4.78 is 17.9. The van der Waals surface area contributed by atoms with Gasteiger partial charge < -0.3 is 10.1 Å². The van der Waals surface area contributed by atoms with Crippen LogP contribution < -0.4 is 5.32 Å². The van der Waals surface area contributed by atoms with Crippen molar-refractivity contribution in [1.82, 2.24) is 4.90 Å². The van der Waals surface area contributed by atoms with Gasteiger partial charge in [-0.25, -0.2) is 9.18 Å². The number of piperidine rings is 1. The number of ether oxygens (including phenoxy) is 1. The fourth-order valence-corrected chi connectivity index (χ4v) is 3.60. The summed E-state index contributed by atoms with van der Waals surface area (Å²) in [5.74, 6) is -0.842. The van der Waals surface area contributed by atoms with Crippen LogP contribution in [0.4, 0.5) is 10.1 Å². The number of likely N-dealkylation sites (tertiary alicyclic amines) is 1. The lowest BCUT2D eigenvalue weighted by atomic mass is 9.96. The molecule has 0 bridgehead atoms. The molecular weight excluding hydrogens is 359 g/mol. The molecule has 0 radical (unpaired) electrons. The summed E-state index contributed by atoms with van der Waals surface area (Å²) in [6.45, 7) is 4.06. The van der Waals surface area contributed by atoms with Gasteiger partial charge in [0, 0.05) is 18.8 Å². The normalized spacial score (nSPS) is 17.2. The molecule has 0 unspecified atom stereocenters.